The lowest BCUT2D eigenvalue weighted by molar-refractivity contribution is 1.11. The lowest BCUT2D eigenvalue weighted by Gasteiger charge is -2.10. The highest BCUT2D eigenvalue weighted by Gasteiger charge is 2.07. The minimum atomic E-state index is -0.349. The minimum Gasteiger partial charge on any atom is -0.339 e. The standard InChI is InChI=1S/C12H12ClN3O/c1-2-8-5-3-4-6-9(8)16-11-10(13)12(17)15-7-14-11/h3-7H,2H2,1H3,(H2,14,15,16,17). The van der Waals surface area contributed by atoms with Gasteiger partial charge in [-0.05, 0) is 18.1 Å². The summed E-state index contributed by atoms with van der Waals surface area (Å²) in [5.41, 5.74) is 1.71. The normalized spacial score (nSPS) is 10.2. The predicted molar refractivity (Wildman–Crippen MR) is 69.0 cm³/mol. The van der Waals surface area contributed by atoms with Crippen molar-refractivity contribution in [2.45, 2.75) is 13.3 Å². The molecule has 1 heterocycles. The van der Waals surface area contributed by atoms with Crippen molar-refractivity contribution in [3.8, 4) is 0 Å². The van der Waals surface area contributed by atoms with Crippen LogP contribution in [0.15, 0.2) is 35.4 Å². The predicted octanol–water partition coefficient (Wildman–Crippen LogP) is 2.73. The van der Waals surface area contributed by atoms with Gasteiger partial charge >= 0.3 is 0 Å². The number of hydrogen-bond acceptors (Lipinski definition) is 3. The molecule has 0 bridgehead atoms. The number of rotatable bonds is 3. The molecule has 2 N–H and O–H groups in total. The first kappa shape index (κ1) is 11.7. The van der Waals surface area contributed by atoms with Gasteiger partial charge in [0.2, 0.25) is 0 Å². The molecule has 0 atom stereocenters. The monoisotopic (exact) mass is 249 g/mol. The van der Waals surface area contributed by atoms with Crippen molar-refractivity contribution in [2.24, 2.45) is 0 Å². The molecule has 4 nitrogen and oxygen atoms in total. The average Bonchev–Trinajstić information content (AvgIpc) is 2.35. The van der Waals surface area contributed by atoms with Crippen LogP contribution in [0.4, 0.5) is 11.5 Å². The van der Waals surface area contributed by atoms with Crippen molar-refractivity contribution >= 4 is 23.1 Å². The maximum atomic E-state index is 11.3. The summed E-state index contributed by atoms with van der Waals surface area (Å²) in [6.45, 7) is 2.06. The fourth-order valence-electron chi connectivity index (χ4n) is 1.55. The van der Waals surface area contributed by atoms with Gasteiger partial charge in [-0.3, -0.25) is 4.79 Å². The van der Waals surface area contributed by atoms with E-state index in [2.05, 4.69) is 22.2 Å². The zero-order valence-corrected chi connectivity index (χ0v) is 10.1. The van der Waals surface area contributed by atoms with Crippen LogP contribution in [-0.2, 0) is 6.42 Å². The number of aromatic nitrogens is 2. The number of benzene rings is 1. The summed E-state index contributed by atoms with van der Waals surface area (Å²) in [4.78, 5) is 17.7. The maximum Gasteiger partial charge on any atom is 0.271 e. The van der Waals surface area contributed by atoms with Crippen LogP contribution < -0.4 is 10.9 Å². The Morgan fingerprint density at radius 3 is 2.94 bits per heavy atom. The average molecular weight is 250 g/mol. The first-order valence-corrected chi connectivity index (χ1v) is 5.68. The molecule has 0 radical (unpaired) electrons. The summed E-state index contributed by atoms with van der Waals surface area (Å²) < 4.78 is 0. The van der Waals surface area contributed by atoms with Gasteiger partial charge in [0, 0.05) is 5.69 Å². The van der Waals surface area contributed by atoms with Crippen LogP contribution in [0.25, 0.3) is 0 Å². The quantitative estimate of drug-likeness (QED) is 0.879. The Hall–Kier alpha value is -1.81. The molecule has 0 aliphatic heterocycles. The number of anilines is 2. The molecule has 2 rings (SSSR count). The van der Waals surface area contributed by atoms with Gasteiger partial charge in [0.15, 0.2) is 5.82 Å². The minimum absolute atomic E-state index is 0.0680. The molecule has 5 heteroatoms. The summed E-state index contributed by atoms with van der Waals surface area (Å²) >= 11 is 5.87. The van der Waals surface area contributed by atoms with Gasteiger partial charge in [0.25, 0.3) is 5.56 Å². The fourth-order valence-corrected chi connectivity index (χ4v) is 1.70. The van der Waals surface area contributed by atoms with Crippen LogP contribution in [0.3, 0.4) is 0 Å². The maximum absolute atomic E-state index is 11.3. The molecule has 88 valence electrons. The molecule has 1 aromatic carbocycles. The van der Waals surface area contributed by atoms with Crippen LogP contribution in [0.1, 0.15) is 12.5 Å². The second-order valence-corrected chi connectivity index (χ2v) is 3.91. The third-order valence-corrected chi connectivity index (χ3v) is 2.80. The molecule has 0 spiro atoms. The highest BCUT2D eigenvalue weighted by molar-refractivity contribution is 6.32. The highest BCUT2D eigenvalue weighted by atomic mass is 35.5. The molecule has 17 heavy (non-hydrogen) atoms. The van der Waals surface area contributed by atoms with E-state index >= 15 is 0 Å². The fraction of sp³-hybridized carbons (Fsp3) is 0.167. The van der Waals surface area contributed by atoms with E-state index in [1.165, 1.54) is 6.33 Å². The number of aromatic amines is 1. The van der Waals surface area contributed by atoms with Crippen molar-refractivity contribution in [3.05, 3.63) is 51.5 Å². The third kappa shape index (κ3) is 2.47. The van der Waals surface area contributed by atoms with E-state index in [-0.39, 0.29) is 10.6 Å². The zero-order chi connectivity index (χ0) is 12.3. The van der Waals surface area contributed by atoms with Crippen molar-refractivity contribution < 1.29 is 0 Å². The zero-order valence-electron chi connectivity index (χ0n) is 9.33. The van der Waals surface area contributed by atoms with Gasteiger partial charge in [0.1, 0.15) is 5.02 Å². The summed E-state index contributed by atoms with van der Waals surface area (Å²) in [7, 11) is 0. The van der Waals surface area contributed by atoms with Crippen molar-refractivity contribution in [1.29, 1.82) is 0 Å². The molecule has 0 amide bonds. The molecule has 0 saturated heterocycles. The second kappa shape index (κ2) is 5.01. The Bertz CT molecular complexity index is 580. The highest BCUT2D eigenvalue weighted by Crippen LogP contribution is 2.22. The van der Waals surface area contributed by atoms with Crippen molar-refractivity contribution in [2.75, 3.05) is 5.32 Å². The van der Waals surface area contributed by atoms with Crippen molar-refractivity contribution in [3.63, 3.8) is 0 Å². The van der Waals surface area contributed by atoms with Crippen LogP contribution >= 0.6 is 11.6 Å². The lowest BCUT2D eigenvalue weighted by atomic mass is 10.1. The Labute approximate surface area is 104 Å². The molecule has 2 aromatic rings. The van der Waals surface area contributed by atoms with Crippen molar-refractivity contribution in [1.82, 2.24) is 9.97 Å². The van der Waals surface area contributed by atoms with E-state index in [0.717, 1.165) is 17.7 Å². The van der Waals surface area contributed by atoms with E-state index in [1.54, 1.807) is 0 Å². The van der Waals surface area contributed by atoms with Gasteiger partial charge in [0.05, 0.1) is 6.33 Å². The summed E-state index contributed by atoms with van der Waals surface area (Å²) in [5.74, 6) is 0.372. The summed E-state index contributed by atoms with van der Waals surface area (Å²) in [6.07, 6.45) is 2.22. The van der Waals surface area contributed by atoms with Crippen LogP contribution in [0.5, 0.6) is 0 Å². The number of nitrogens with one attached hydrogen (secondary N) is 2. The third-order valence-electron chi connectivity index (χ3n) is 2.45. The molecule has 0 aliphatic rings. The van der Waals surface area contributed by atoms with E-state index in [4.69, 9.17) is 11.6 Å². The van der Waals surface area contributed by atoms with Crippen LogP contribution in [0.2, 0.25) is 5.02 Å². The number of H-pyrrole nitrogens is 1. The number of halogens is 1. The first-order chi connectivity index (χ1) is 8.22. The lowest BCUT2D eigenvalue weighted by Crippen LogP contribution is -2.10. The van der Waals surface area contributed by atoms with Gasteiger partial charge in [-0.15, -0.1) is 0 Å². The van der Waals surface area contributed by atoms with Gasteiger partial charge in [-0.1, -0.05) is 36.7 Å². The molecular formula is C12H12ClN3O. The van der Waals surface area contributed by atoms with Crippen LogP contribution in [-0.4, -0.2) is 9.97 Å². The molecular weight excluding hydrogens is 238 g/mol. The number of nitrogens with zero attached hydrogens (tertiary/aromatic N) is 1. The van der Waals surface area contributed by atoms with Crippen LogP contribution in [0, 0.1) is 0 Å². The Morgan fingerprint density at radius 2 is 2.18 bits per heavy atom. The van der Waals surface area contributed by atoms with Gasteiger partial charge in [-0.2, -0.15) is 0 Å². The van der Waals surface area contributed by atoms with Gasteiger partial charge in [-0.25, -0.2) is 4.98 Å². The number of para-hydroxylation sites is 1. The molecule has 0 fully saturated rings. The summed E-state index contributed by atoms with van der Waals surface area (Å²) in [6, 6.07) is 7.83. The Morgan fingerprint density at radius 1 is 1.41 bits per heavy atom. The Balaban J connectivity index is 2.38. The second-order valence-electron chi connectivity index (χ2n) is 3.53. The van der Waals surface area contributed by atoms with E-state index < -0.39 is 0 Å². The topological polar surface area (TPSA) is 57.8 Å². The van der Waals surface area contributed by atoms with E-state index in [9.17, 15) is 4.79 Å². The molecule has 1 aromatic heterocycles. The first-order valence-electron chi connectivity index (χ1n) is 5.30. The van der Waals surface area contributed by atoms with E-state index in [0.29, 0.717) is 5.82 Å². The summed E-state index contributed by atoms with van der Waals surface area (Å²) in [5, 5.41) is 3.14. The number of hydrogen-bond donors (Lipinski definition) is 2. The van der Waals surface area contributed by atoms with E-state index in [1.807, 2.05) is 24.3 Å². The molecule has 0 aliphatic carbocycles. The largest absolute Gasteiger partial charge is 0.339 e. The SMILES string of the molecule is CCc1ccccc1Nc1nc[nH]c(=O)c1Cl. The Kier molecular flexibility index (Phi) is 3.44. The molecule has 0 saturated carbocycles. The number of aryl methyl sites for hydroxylation is 1. The van der Waals surface area contributed by atoms with Gasteiger partial charge < -0.3 is 10.3 Å². The smallest absolute Gasteiger partial charge is 0.271 e. The molecule has 0 unspecified atom stereocenters.